The van der Waals surface area contributed by atoms with Crippen molar-refractivity contribution in [3.63, 3.8) is 0 Å². The number of aromatic nitrogens is 8. The van der Waals surface area contributed by atoms with E-state index in [0.717, 1.165) is 167 Å². The average Bonchev–Trinajstić information content (AvgIpc) is 1.50. The van der Waals surface area contributed by atoms with Crippen LogP contribution in [0.2, 0.25) is 0 Å². The predicted octanol–water partition coefficient (Wildman–Crippen LogP) is 19.9. The molecule has 6 heterocycles. The normalized spacial score (nSPS) is 12.0. The van der Waals surface area contributed by atoms with Gasteiger partial charge in [-0.25, -0.2) is 9.97 Å². The quantitative estimate of drug-likeness (QED) is 0.152. The predicted molar refractivity (Wildman–Crippen MR) is 368 cm³/mol. The number of nitriles is 1. The first kappa shape index (κ1) is 49.7. The molecule has 0 N–H and O–H groups in total. The minimum Gasteiger partial charge on any atom is -0.308 e. The minimum absolute atomic E-state index is 0.533. The van der Waals surface area contributed by atoms with E-state index in [1.807, 2.05) is 0 Å². The number of rotatable bonds is 8. The van der Waals surface area contributed by atoms with Crippen molar-refractivity contribution in [2.75, 3.05) is 0 Å². The zero-order chi connectivity index (χ0) is 59.1. The topological polar surface area (TPSA) is 78.1 Å². The van der Waals surface area contributed by atoms with E-state index in [4.69, 9.17) is 9.97 Å². The number of hydrogen-bond acceptors (Lipinski definition) is 3. The maximum atomic E-state index is 12.8. The number of nitrogens with zero attached hydrogens (tertiary/aromatic N) is 9. The molecule has 0 aliphatic heterocycles. The lowest BCUT2D eigenvalue weighted by atomic mass is 9.88. The number of hydrogen-bond donors (Lipinski definition) is 0. The molecule has 0 aliphatic rings. The molecule has 9 nitrogen and oxygen atoms in total. The Balaban J connectivity index is 0.982. The van der Waals surface area contributed by atoms with Crippen LogP contribution >= 0.6 is 0 Å². The van der Waals surface area contributed by atoms with Gasteiger partial charge >= 0.3 is 0 Å². The summed E-state index contributed by atoms with van der Waals surface area (Å²) in [6, 6.07) is 109. The summed E-state index contributed by atoms with van der Waals surface area (Å²) in [5.41, 5.74) is 23.8. The van der Waals surface area contributed by atoms with Gasteiger partial charge in [0.25, 0.3) is 0 Å². The first-order valence-electron chi connectivity index (χ1n) is 30.4. The van der Waals surface area contributed by atoms with Crippen LogP contribution in [0.5, 0.6) is 0 Å². The molecular weight excluding hydrogens is 1100 g/mol. The average molecular weight is 1150 g/mol. The van der Waals surface area contributed by atoms with Crippen LogP contribution in [0, 0.1) is 11.3 Å². The summed E-state index contributed by atoms with van der Waals surface area (Å²) in [5.74, 6) is 1.59. The summed E-state index contributed by atoms with van der Waals surface area (Å²) >= 11 is 0. The van der Waals surface area contributed by atoms with Crippen LogP contribution in [0.4, 0.5) is 0 Å². The van der Waals surface area contributed by atoms with E-state index in [1.54, 1.807) is 0 Å². The summed E-state index contributed by atoms with van der Waals surface area (Å²) in [6.45, 7) is 0. The Morgan fingerprint density at radius 3 is 0.967 bits per heavy atom. The van der Waals surface area contributed by atoms with Gasteiger partial charge in [-0.05, 0) is 137 Å². The van der Waals surface area contributed by atoms with Gasteiger partial charge in [-0.15, -0.1) is 0 Å². The van der Waals surface area contributed by atoms with Crippen molar-refractivity contribution in [3.8, 4) is 73.3 Å². The van der Waals surface area contributed by atoms with Gasteiger partial charge < -0.3 is 9.13 Å². The van der Waals surface area contributed by atoms with Crippen molar-refractivity contribution in [3.05, 3.63) is 303 Å². The molecule has 6 aromatic heterocycles. The van der Waals surface area contributed by atoms with Gasteiger partial charge in [0.05, 0.1) is 83.1 Å². The van der Waals surface area contributed by atoms with Gasteiger partial charge in [-0.1, -0.05) is 194 Å². The highest BCUT2D eigenvalue weighted by Gasteiger charge is 2.30. The molecule has 0 spiro atoms. The second-order valence-electron chi connectivity index (χ2n) is 23.3. The number of benzene rings is 13. The van der Waals surface area contributed by atoms with Gasteiger partial charge in [0.1, 0.15) is 6.07 Å². The molecule has 19 rings (SSSR count). The maximum absolute atomic E-state index is 12.8. The van der Waals surface area contributed by atoms with E-state index in [-0.39, 0.29) is 0 Å². The van der Waals surface area contributed by atoms with E-state index >= 15 is 0 Å². The van der Waals surface area contributed by atoms with E-state index in [9.17, 15) is 5.26 Å². The second kappa shape index (κ2) is 19.2. The SMILES string of the molecule is N#Cc1c(-c2ccc3c(c2)n2c4cc(-c5ccccc5)ccc4nc2n3-c2ccccc2)c(-n2c3ccccc3c3ccccc32)cc(-n2c3ccccc3c3ccccc32)c1-c1ccc2c(c1)n1c3cc(-c4ccccc4)ccc3nc1n2-c1ccccc1. The molecule has 0 atom stereocenters. The van der Waals surface area contributed by atoms with Crippen molar-refractivity contribution in [1.29, 1.82) is 5.26 Å². The van der Waals surface area contributed by atoms with E-state index in [2.05, 4.69) is 330 Å². The van der Waals surface area contributed by atoms with Crippen LogP contribution in [0.15, 0.2) is 297 Å². The Morgan fingerprint density at radius 2 is 0.589 bits per heavy atom. The minimum atomic E-state index is 0.533. The van der Waals surface area contributed by atoms with Crippen molar-refractivity contribution < 1.29 is 0 Å². The van der Waals surface area contributed by atoms with Crippen LogP contribution < -0.4 is 0 Å². The molecule has 0 saturated heterocycles. The summed E-state index contributed by atoms with van der Waals surface area (Å²) in [5, 5.41) is 17.3. The Morgan fingerprint density at radius 1 is 0.256 bits per heavy atom. The van der Waals surface area contributed by atoms with Crippen LogP contribution in [0.1, 0.15) is 5.56 Å². The standard InChI is InChI=1S/C81H49N9/c82-50-63-78(55-39-43-70-74(47-55)89-72-45-53(51-21-5-1-6-22-51)37-41-64(72)83-80(89)85(70)57-25-9-3-10-26-57)76(87-66-33-17-13-29-59(66)60-30-14-18-34-67(60)87)49-77(88-68-35-19-15-31-61(68)62-32-16-20-36-69(62)88)79(63)56-40-44-71-75(48-56)90-73-46-54(52-23-7-2-8-24-52)38-42-65(73)84-81(90)86(71)58-27-11-4-12-28-58/h1-49H. The fourth-order valence-electron chi connectivity index (χ4n) is 14.6. The molecule has 90 heavy (non-hydrogen) atoms. The van der Waals surface area contributed by atoms with Crippen molar-refractivity contribution >= 4 is 99.3 Å². The third-order valence-electron chi connectivity index (χ3n) is 18.4. The molecule has 9 heteroatoms. The first-order chi connectivity index (χ1) is 44.6. The Kier molecular flexibility index (Phi) is 10.6. The Bertz CT molecular complexity index is 5730. The molecule has 418 valence electrons. The first-order valence-corrected chi connectivity index (χ1v) is 30.4. The van der Waals surface area contributed by atoms with Gasteiger partial charge in [-0.3, -0.25) is 17.9 Å². The zero-order valence-electron chi connectivity index (χ0n) is 48.3. The van der Waals surface area contributed by atoms with Crippen molar-refractivity contribution in [2.24, 2.45) is 0 Å². The van der Waals surface area contributed by atoms with Gasteiger partial charge in [0.15, 0.2) is 0 Å². The number of para-hydroxylation sites is 6. The molecular formula is C81H49N9. The fourth-order valence-corrected chi connectivity index (χ4v) is 14.6. The highest BCUT2D eigenvalue weighted by molar-refractivity contribution is 6.13. The Hall–Kier alpha value is -12.5. The largest absolute Gasteiger partial charge is 0.308 e. The summed E-state index contributed by atoms with van der Waals surface area (Å²) in [4.78, 5) is 10.9. The third kappa shape index (κ3) is 7.18. The summed E-state index contributed by atoms with van der Waals surface area (Å²) < 4.78 is 13.9. The maximum Gasteiger partial charge on any atom is 0.220 e. The number of imidazole rings is 4. The molecule has 0 saturated carbocycles. The molecule has 19 aromatic rings. The Labute approximate surface area is 514 Å². The van der Waals surface area contributed by atoms with Gasteiger partial charge in [0, 0.05) is 44.0 Å². The van der Waals surface area contributed by atoms with Crippen LogP contribution in [0.25, 0.3) is 167 Å². The lowest BCUT2D eigenvalue weighted by Gasteiger charge is -2.23. The highest BCUT2D eigenvalue weighted by atomic mass is 15.2. The van der Waals surface area contributed by atoms with Gasteiger partial charge in [0.2, 0.25) is 11.6 Å². The lowest BCUT2D eigenvalue weighted by molar-refractivity contribution is 1.11. The van der Waals surface area contributed by atoms with E-state index < -0.39 is 0 Å². The molecule has 13 aromatic carbocycles. The third-order valence-corrected chi connectivity index (χ3v) is 18.4. The van der Waals surface area contributed by atoms with Crippen LogP contribution in [-0.2, 0) is 0 Å². The molecule has 0 bridgehead atoms. The fraction of sp³-hybridized carbons (Fsp3) is 0. The van der Waals surface area contributed by atoms with Crippen molar-refractivity contribution in [1.82, 2.24) is 37.0 Å². The smallest absolute Gasteiger partial charge is 0.220 e. The summed E-state index contributed by atoms with van der Waals surface area (Å²) in [7, 11) is 0. The van der Waals surface area contributed by atoms with E-state index in [0.29, 0.717) is 5.56 Å². The van der Waals surface area contributed by atoms with Crippen LogP contribution in [-0.4, -0.2) is 37.0 Å². The molecule has 0 aliphatic carbocycles. The van der Waals surface area contributed by atoms with Crippen molar-refractivity contribution in [2.45, 2.75) is 0 Å². The van der Waals surface area contributed by atoms with Crippen LogP contribution in [0.3, 0.4) is 0 Å². The molecule has 0 fully saturated rings. The monoisotopic (exact) mass is 1150 g/mol. The highest BCUT2D eigenvalue weighted by Crippen LogP contribution is 2.48. The van der Waals surface area contributed by atoms with Gasteiger partial charge in [-0.2, -0.15) is 5.26 Å². The van der Waals surface area contributed by atoms with E-state index in [1.165, 1.54) is 0 Å². The second-order valence-corrected chi connectivity index (χ2v) is 23.3. The molecule has 0 amide bonds. The number of fused-ring (bicyclic) bond motifs is 16. The molecule has 0 unspecified atom stereocenters. The lowest BCUT2D eigenvalue weighted by Crippen LogP contribution is -2.07. The summed E-state index contributed by atoms with van der Waals surface area (Å²) in [6.07, 6.45) is 0. The molecule has 0 radical (unpaired) electrons. The zero-order valence-corrected chi connectivity index (χ0v) is 48.3.